The van der Waals surface area contributed by atoms with Crippen LogP contribution in [0.3, 0.4) is 0 Å². The molecule has 0 radical (unpaired) electrons. The summed E-state index contributed by atoms with van der Waals surface area (Å²) in [5.74, 6) is 0.274. The fraction of sp³-hybridized carbons (Fsp3) is 0.391. The van der Waals surface area contributed by atoms with E-state index in [-0.39, 0.29) is 18.4 Å². The minimum absolute atomic E-state index is 0.120. The molecule has 0 saturated heterocycles. The fourth-order valence-corrected chi connectivity index (χ4v) is 3.28. The van der Waals surface area contributed by atoms with Gasteiger partial charge in [0.25, 0.3) is 5.91 Å². The molecule has 0 heterocycles. The first-order valence-corrected chi connectivity index (χ1v) is 10.8. The zero-order valence-electron chi connectivity index (χ0n) is 17.3. The average molecular weight is 461 g/mol. The zero-order valence-corrected chi connectivity index (χ0v) is 18.9. The lowest BCUT2D eigenvalue weighted by Gasteiger charge is -2.31. The van der Waals surface area contributed by atoms with Crippen LogP contribution in [0.15, 0.2) is 53.0 Å². The molecule has 29 heavy (non-hydrogen) atoms. The van der Waals surface area contributed by atoms with Gasteiger partial charge in [0.15, 0.2) is 6.61 Å². The van der Waals surface area contributed by atoms with Crippen molar-refractivity contribution in [1.29, 1.82) is 0 Å². The fourth-order valence-electron chi connectivity index (χ4n) is 3.02. The first-order valence-electron chi connectivity index (χ1n) is 9.96. The summed E-state index contributed by atoms with van der Waals surface area (Å²) in [6.07, 6.45) is 1.38. The highest BCUT2D eigenvalue weighted by molar-refractivity contribution is 9.10. The molecule has 6 heteroatoms. The molecule has 0 aliphatic heterocycles. The van der Waals surface area contributed by atoms with Gasteiger partial charge in [-0.25, -0.2) is 0 Å². The van der Waals surface area contributed by atoms with Crippen LogP contribution in [0.5, 0.6) is 5.75 Å². The van der Waals surface area contributed by atoms with Gasteiger partial charge in [0.2, 0.25) is 5.91 Å². The molecule has 0 aromatic heterocycles. The number of rotatable bonds is 10. The Morgan fingerprint density at radius 3 is 2.41 bits per heavy atom. The maximum Gasteiger partial charge on any atom is 0.261 e. The van der Waals surface area contributed by atoms with Gasteiger partial charge in [-0.3, -0.25) is 9.59 Å². The number of nitrogens with one attached hydrogen (secondary N) is 1. The van der Waals surface area contributed by atoms with E-state index in [0.29, 0.717) is 25.3 Å². The molecule has 0 saturated carbocycles. The van der Waals surface area contributed by atoms with Crippen molar-refractivity contribution >= 4 is 27.7 Å². The van der Waals surface area contributed by atoms with Gasteiger partial charge in [0.05, 0.1) is 0 Å². The maximum atomic E-state index is 13.1. The van der Waals surface area contributed by atoms with Gasteiger partial charge in [-0.2, -0.15) is 0 Å². The van der Waals surface area contributed by atoms with Crippen LogP contribution in [0.2, 0.25) is 0 Å². The Kier molecular flexibility index (Phi) is 9.19. The van der Waals surface area contributed by atoms with Gasteiger partial charge >= 0.3 is 0 Å². The molecule has 0 fully saturated rings. The van der Waals surface area contributed by atoms with Crippen molar-refractivity contribution < 1.29 is 14.3 Å². The summed E-state index contributed by atoms with van der Waals surface area (Å²) in [5, 5.41) is 2.92. The smallest absolute Gasteiger partial charge is 0.261 e. The first kappa shape index (κ1) is 22.9. The van der Waals surface area contributed by atoms with Gasteiger partial charge in [-0.15, -0.1) is 0 Å². The SMILES string of the molecule is CCCNC(=O)[C@@H](CC)N(Cc1ccccc1C)C(=O)COc1ccc(Br)cc1. The van der Waals surface area contributed by atoms with Gasteiger partial charge in [0.1, 0.15) is 11.8 Å². The van der Waals surface area contributed by atoms with E-state index >= 15 is 0 Å². The summed E-state index contributed by atoms with van der Waals surface area (Å²) >= 11 is 3.38. The van der Waals surface area contributed by atoms with Gasteiger partial charge in [-0.1, -0.05) is 54.0 Å². The van der Waals surface area contributed by atoms with E-state index in [4.69, 9.17) is 4.74 Å². The molecule has 2 rings (SSSR count). The standard InChI is InChI=1S/C23H29BrN2O3/c1-4-14-25-23(28)21(5-2)26(15-18-9-7-6-8-17(18)3)22(27)16-29-20-12-10-19(24)11-13-20/h6-13,21H,4-5,14-16H2,1-3H3,(H,25,28)/t21-/m1/s1. The van der Waals surface area contributed by atoms with Crippen molar-refractivity contribution in [2.45, 2.75) is 46.2 Å². The Morgan fingerprint density at radius 1 is 1.10 bits per heavy atom. The third kappa shape index (κ3) is 6.89. The van der Waals surface area contributed by atoms with Crippen LogP contribution in [0.1, 0.15) is 37.8 Å². The van der Waals surface area contributed by atoms with E-state index in [1.54, 1.807) is 17.0 Å². The summed E-state index contributed by atoms with van der Waals surface area (Å²) in [6.45, 7) is 6.78. The number of hydrogen-bond acceptors (Lipinski definition) is 3. The second-order valence-electron chi connectivity index (χ2n) is 6.91. The summed E-state index contributed by atoms with van der Waals surface area (Å²) in [6, 6.07) is 14.7. The maximum absolute atomic E-state index is 13.1. The number of carbonyl (C=O) groups excluding carboxylic acids is 2. The molecule has 0 bridgehead atoms. The van der Waals surface area contributed by atoms with Crippen molar-refractivity contribution in [3.8, 4) is 5.75 Å². The third-order valence-corrected chi connectivity index (χ3v) is 5.24. The van der Waals surface area contributed by atoms with Crippen LogP contribution in [-0.4, -0.2) is 35.9 Å². The molecule has 2 amide bonds. The van der Waals surface area contributed by atoms with Gasteiger partial charge in [-0.05, 0) is 55.2 Å². The Balaban J connectivity index is 2.19. The number of carbonyl (C=O) groups is 2. The van der Waals surface area contributed by atoms with E-state index < -0.39 is 6.04 Å². The van der Waals surface area contributed by atoms with E-state index in [0.717, 1.165) is 22.0 Å². The van der Waals surface area contributed by atoms with Crippen LogP contribution in [-0.2, 0) is 16.1 Å². The van der Waals surface area contributed by atoms with E-state index in [2.05, 4.69) is 21.2 Å². The van der Waals surface area contributed by atoms with Crippen LogP contribution in [0.4, 0.5) is 0 Å². The molecule has 1 N–H and O–H groups in total. The van der Waals surface area contributed by atoms with E-state index in [1.807, 2.05) is 57.2 Å². The molecule has 2 aromatic rings. The monoisotopic (exact) mass is 460 g/mol. The highest BCUT2D eigenvalue weighted by atomic mass is 79.9. The second-order valence-corrected chi connectivity index (χ2v) is 7.82. The van der Waals surface area contributed by atoms with E-state index in [1.165, 1.54) is 0 Å². The lowest BCUT2D eigenvalue weighted by molar-refractivity contribution is -0.143. The van der Waals surface area contributed by atoms with E-state index in [9.17, 15) is 9.59 Å². The van der Waals surface area contributed by atoms with Crippen molar-refractivity contribution in [1.82, 2.24) is 10.2 Å². The van der Waals surface area contributed by atoms with Crippen molar-refractivity contribution in [3.05, 3.63) is 64.1 Å². The summed E-state index contributed by atoms with van der Waals surface area (Å²) < 4.78 is 6.62. The summed E-state index contributed by atoms with van der Waals surface area (Å²) in [4.78, 5) is 27.4. The molecule has 1 atom stereocenters. The lowest BCUT2D eigenvalue weighted by atomic mass is 10.1. The van der Waals surface area contributed by atoms with Crippen LogP contribution < -0.4 is 10.1 Å². The Morgan fingerprint density at radius 2 is 1.79 bits per heavy atom. The molecule has 0 aliphatic carbocycles. The minimum atomic E-state index is -0.540. The third-order valence-electron chi connectivity index (χ3n) is 4.71. The number of amides is 2. The van der Waals surface area contributed by atoms with Crippen LogP contribution in [0, 0.1) is 6.92 Å². The largest absolute Gasteiger partial charge is 0.484 e. The molecule has 0 unspecified atom stereocenters. The van der Waals surface area contributed by atoms with Crippen molar-refractivity contribution in [2.75, 3.05) is 13.2 Å². The van der Waals surface area contributed by atoms with Gasteiger partial charge < -0.3 is 15.0 Å². The number of ether oxygens (including phenoxy) is 1. The normalized spacial score (nSPS) is 11.6. The first-order chi connectivity index (χ1) is 14.0. The number of hydrogen-bond donors (Lipinski definition) is 1. The minimum Gasteiger partial charge on any atom is -0.484 e. The number of halogens is 1. The molecule has 0 spiro atoms. The molecular formula is C23H29BrN2O3. The van der Waals surface area contributed by atoms with Crippen molar-refractivity contribution in [3.63, 3.8) is 0 Å². The Hall–Kier alpha value is -2.34. The van der Waals surface area contributed by atoms with Crippen molar-refractivity contribution in [2.24, 2.45) is 0 Å². The predicted molar refractivity (Wildman–Crippen MR) is 119 cm³/mol. The summed E-state index contributed by atoms with van der Waals surface area (Å²) in [5.41, 5.74) is 2.11. The lowest BCUT2D eigenvalue weighted by Crippen LogP contribution is -2.50. The average Bonchev–Trinajstić information content (AvgIpc) is 2.72. The second kappa shape index (κ2) is 11.6. The highest BCUT2D eigenvalue weighted by Crippen LogP contribution is 2.18. The topological polar surface area (TPSA) is 58.6 Å². The molecule has 0 aliphatic rings. The number of benzene rings is 2. The van der Waals surface area contributed by atoms with Crippen LogP contribution >= 0.6 is 15.9 Å². The molecule has 2 aromatic carbocycles. The van der Waals surface area contributed by atoms with Gasteiger partial charge in [0, 0.05) is 17.6 Å². The molecule has 5 nitrogen and oxygen atoms in total. The Bertz CT molecular complexity index is 808. The Labute approximate surface area is 181 Å². The molecular weight excluding hydrogens is 432 g/mol. The number of nitrogens with zero attached hydrogens (tertiary/aromatic N) is 1. The highest BCUT2D eigenvalue weighted by Gasteiger charge is 2.29. The molecule has 156 valence electrons. The predicted octanol–water partition coefficient (Wildman–Crippen LogP) is 4.47. The number of aryl methyl sites for hydroxylation is 1. The zero-order chi connectivity index (χ0) is 21.2. The summed E-state index contributed by atoms with van der Waals surface area (Å²) in [7, 11) is 0. The quantitative estimate of drug-likeness (QED) is 0.568. The van der Waals surface area contributed by atoms with Crippen LogP contribution in [0.25, 0.3) is 0 Å².